The summed E-state index contributed by atoms with van der Waals surface area (Å²) in [5.74, 6) is -2.02. The number of amides is 2. The van der Waals surface area contributed by atoms with Crippen molar-refractivity contribution >= 4 is 11.8 Å². The minimum atomic E-state index is -4.84. The molecule has 0 aliphatic carbocycles. The third-order valence-electron chi connectivity index (χ3n) is 2.84. The van der Waals surface area contributed by atoms with Crippen LogP contribution in [0.5, 0.6) is 0 Å². The Balaban J connectivity index is 3.36. The molecule has 2 amide bonds. The molecule has 0 heterocycles. The average molecular weight is 342 g/mol. The number of unbranched alkanes of at least 4 members (excludes halogenated alkanes) is 2. The van der Waals surface area contributed by atoms with Gasteiger partial charge >= 0.3 is 12.1 Å². The van der Waals surface area contributed by atoms with Crippen molar-refractivity contribution in [1.29, 1.82) is 0 Å². The summed E-state index contributed by atoms with van der Waals surface area (Å²) < 4.78 is 45.7. The van der Waals surface area contributed by atoms with Crippen LogP contribution in [0.4, 0.5) is 13.2 Å². The van der Waals surface area contributed by atoms with Crippen LogP contribution in [0, 0.1) is 0 Å². The van der Waals surface area contributed by atoms with Crippen molar-refractivity contribution in [2.45, 2.75) is 38.3 Å². The molecule has 9 heteroatoms. The molecule has 2 N–H and O–H groups in total. The molecule has 0 fully saturated rings. The number of carbonyl (C=O) groups excluding carboxylic acids is 2. The Morgan fingerprint density at radius 3 is 2.26 bits per heavy atom. The van der Waals surface area contributed by atoms with Crippen LogP contribution in [0.1, 0.15) is 32.1 Å². The van der Waals surface area contributed by atoms with E-state index < -0.39 is 12.1 Å². The van der Waals surface area contributed by atoms with Crippen molar-refractivity contribution in [3.63, 3.8) is 0 Å². The number of hydrogen-bond donors (Lipinski definition) is 2. The van der Waals surface area contributed by atoms with E-state index in [4.69, 9.17) is 9.47 Å². The van der Waals surface area contributed by atoms with Crippen molar-refractivity contribution in [2.24, 2.45) is 0 Å². The first-order valence-electron chi connectivity index (χ1n) is 7.56. The SMILES string of the molecule is COCCOCCCNC(=O)CCCCCNC(=O)C(F)(F)F. The number of halogens is 3. The second-order valence-electron chi connectivity index (χ2n) is 4.87. The Morgan fingerprint density at radius 2 is 1.61 bits per heavy atom. The molecule has 0 saturated carbocycles. The summed E-state index contributed by atoms with van der Waals surface area (Å²) in [6.07, 6.45) is -2.27. The topological polar surface area (TPSA) is 76.7 Å². The monoisotopic (exact) mass is 342 g/mol. The molecule has 6 nitrogen and oxygen atoms in total. The summed E-state index contributed by atoms with van der Waals surface area (Å²) in [5.41, 5.74) is 0. The number of carbonyl (C=O) groups is 2. The molecule has 0 saturated heterocycles. The molecule has 0 aromatic carbocycles. The molecule has 23 heavy (non-hydrogen) atoms. The predicted octanol–water partition coefficient (Wildman–Crippen LogP) is 1.39. The van der Waals surface area contributed by atoms with Gasteiger partial charge in [0.15, 0.2) is 0 Å². The molecule has 0 aliphatic heterocycles. The molecule has 0 spiro atoms. The summed E-state index contributed by atoms with van der Waals surface area (Å²) in [6.45, 7) is 2.08. The lowest BCUT2D eigenvalue weighted by Gasteiger charge is -2.08. The second-order valence-corrected chi connectivity index (χ2v) is 4.87. The van der Waals surface area contributed by atoms with E-state index in [-0.39, 0.29) is 12.5 Å². The van der Waals surface area contributed by atoms with E-state index in [1.165, 1.54) is 0 Å². The Labute approximate surface area is 134 Å². The maximum atomic E-state index is 11.9. The fraction of sp³-hybridized carbons (Fsp3) is 0.857. The van der Waals surface area contributed by atoms with E-state index in [1.807, 2.05) is 0 Å². The highest BCUT2D eigenvalue weighted by atomic mass is 19.4. The van der Waals surface area contributed by atoms with Gasteiger partial charge in [0.1, 0.15) is 0 Å². The Hall–Kier alpha value is -1.35. The average Bonchev–Trinajstić information content (AvgIpc) is 2.48. The van der Waals surface area contributed by atoms with Crippen LogP contribution in [-0.4, -0.2) is 58.0 Å². The summed E-state index contributed by atoms with van der Waals surface area (Å²) in [7, 11) is 1.59. The minimum Gasteiger partial charge on any atom is -0.382 e. The van der Waals surface area contributed by atoms with Crippen LogP contribution in [0.2, 0.25) is 0 Å². The summed E-state index contributed by atoms with van der Waals surface area (Å²) in [4.78, 5) is 22.0. The highest BCUT2D eigenvalue weighted by Crippen LogP contribution is 2.13. The summed E-state index contributed by atoms with van der Waals surface area (Å²) in [6, 6.07) is 0. The largest absolute Gasteiger partial charge is 0.471 e. The van der Waals surface area contributed by atoms with Crippen molar-refractivity contribution < 1.29 is 32.2 Å². The Morgan fingerprint density at radius 1 is 0.913 bits per heavy atom. The van der Waals surface area contributed by atoms with E-state index in [9.17, 15) is 22.8 Å². The first-order valence-corrected chi connectivity index (χ1v) is 7.56. The van der Waals surface area contributed by atoms with Gasteiger partial charge < -0.3 is 20.1 Å². The lowest BCUT2D eigenvalue weighted by atomic mass is 10.2. The van der Waals surface area contributed by atoms with Gasteiger partial charge in [-0.05, 0) is 19.3 Å². The van der Waals surface area contributed by atoms with Gasteiger partial charge in [-0.1, -0.05) is 6.42 Å². The number of ether oxygens (including phenoxy) is 2. The maximum Gasteiger partial charge on any atom is 0.471 e. The van der Waals surface area contributed by atoms with Crippen LogP contribution in [0.25, 0.3) is 0 Å². The zero-order valence-corrected chi connectivity index (χ0v) is 13.3. The summed E-state index contributed by atoms with van der Waals surface area (Å²) in [5, 5.41) is 4.52. The molecular weight excluding hydrogens is 317 g/mol. The molecule has 0 aromatic heterocycles. The first kappa shape index (κ1) is 21.6. The van der Waals surface area contributed by atoms with Gasteiger partial charge in [-0.15, -0.1) is 0 Å². The first-order chi connectivity index (χ1) is 10.9. The van der Waals surface area contributed by atoms with Crippen LogP contribution >= 0.6 is 0 Å². The van der Waals surface area contributed by atoms with Crippen LogP contribution in [-0.2, 0) is 19.1 Å². The molecule has 0 radical (unpaired) electrons. The lowest BCUT2D eigenvalue weighted by Crippen LogP contribution is -2.37. The van der Waals surface area contributed by atoms with E-state index >= 15 is 0 Å². The smallest absolute Gasteiger partial charge is 0.382 e. The molecular formula is C14H25F3N2O4. The number of rotatable bonds is 13. The quantitative estimate of drug-likeness (QED) is 0.496. The van der Waals surface area contributed by atoms with Crippen molar-refractivity contribution in [3.8, 4) is 0 Å². The molecule has 136 valence electrons. The molecule has 0 bridgehead atoms. The standard InChI is InChI=1S/C14H25F3N2O4/c1-22-10-11-23-9-5-8-18-12(20)6-3-2-4-7-19-13(21)14(15,16)17/h2-11H2,1H3,(H,18,20)(H,19,21). The van der Waals surface area contributed by atoms with E-state index in [1.54, 1.807) is 12.4 Å². The number of nitrogens with one attached hydrogen (secondary N) is 2. The normalized spacial score (nSPS) is 11.3. The highest BCUT2D eigenvalue weighted by Gasteiger charge is 2.38. The summed E-state index contributed by atoms with van der Waals surface area (Å²) >= 11 is 0. The van der Waals surface area contributed by atoms with Crippen LogP contribution < -0.4 is 10.6 Å². The number of alkyl halides is 3. The van der Waals surface area contributed by atoms with Gasteiger partial charge in [0.05, 0.1) is 13.2 Å². The van der Waals surface area contributed by atoms with Crippen molar-refractivity contribution in [3.05, 3.63) is 0 Å². The lowest BCUT2D eigenvalue weighted by molar-refractivity contribution is -0.173. The van der Waals surface area contributed by atoms with Gasteiger partial charge in [-0.25, -0.2) is 0 Å². The predicted molar refractivity (Wildman–Crippen MR) is 77.9 cm³/mol. The van der Waals surface area contributed by atoms with Crippen molar-refractivity contribution in [1.82, 2.24) is 10.6 Å². The van der Waals surface area contributed by atoms with Gasteiger partial charge in [0.2, 0.25) is 5.91 Å². The highest BCUT2D eigenvalue weighted by molar-refractivity contribution is 5.81. The maximum absolute atomic E-state index is 11.9. The van der Waals surface area contributed by atoms with Gasteiger partial charge in [-0.3, -0.25) is 9.59 Å². The number of hydrogen-bond acceptors (Lipinski definition) is 4. The zero-order valence-electron chi connectivity index (χ0n) is 13.3. The van der Waals surface area contributed by atoms with Crippen LogP contribution in [0.3, 0.4) is 0 Å². The third kappa shape index (κ3) is 14.0. The van der Waals surface area contributed by atoms with Gasteiger partial charge in [0.25, 0.3) is 0 Å². The molecule has 0 aliphatic rings. The zero-order chi connectivity index (χ0) is 17.6. The van der Waals surface area contributed by atoms with E-state index in [0.29, 0.717) is 58.5 Å². The molecule has 0 rings (SSSR count). The fourth-order valence-corrected chi connectivity index (χ4v) is 1.62. The second kappa shape index (κ2) is 13.1. The van der Waals surface area contributed by atoms with Crippen molar-refractivity contribution in [2.75, 3.05) is 40.0 Å². The fourth-order valence-electron chi connectivity index (χ4n) is 1.62. The number of methoxy groups -OCH3 is 1. The van der Waals surface area contributed by atoms with Gasteiger partial charge in [0, 0.05) is 33.2 Å². The Kier molecular flexibility index (Phi) is 12.4. The van der Waals surface area contributed by atoms with E-state index in [0.717, 1.165) is 0 Å². The van der Waals surface area contributed by atoms with Gasteiger partial charge in [-0.2, -0.15) is 13.2 Å². The molecule has 0 atom stereocenters. The minimum absolute atomic E-state index is 0.0429. The van der Waals surface area contributed by atoms with Crippen LogP contribution in [0.15, 0.2) is 0 Å². The van der Waals surface area contributed by atoms with E-state index in [2.05, 4.69) is 5.32 Å². The molecule has 0 aromatic rings. The Bertz CT molecular complexity index is 338. The third-order valence-corrected chi connectivity index (χ3v) is 2.84. The molecule has 0 unspecified atom stereocenters.